The Hall–Kier alpha value is -3.46. The van der Waals surface area contributed by atoms with Gasteiger partial charge in [-0.1, -0.05) is 0 Å². The molecule has 0 atom stereocenters. The van der Waals surface area contributed by atoms with E-state index in [0.29, 0.717) is 0 Å². The van der Waals surface area contributed by atoms with Crippen LogP contribution in [-0.4, -0.2) is 41.5 Å². The molecule has 0 aliphatic rings. The van der Waals surface area contributed by atoms with E-state index in [1.165, 1.54) is 49.8 Å². The van der Waals surface area contributed by atoms with Gasteiger partial charge in [0.1, 0.15) is 0 Å². The minimum absolute atomic E-state index is 0.121. The third-order valence-electron chi connectivity index (χ3n) is 3.62. The highest BCUT2D eigenvalue weighted by molar-refractivity contribution is 7.15. The van der Waals surface area contributed by atoms with Crippen molar-refractivity contribution >= 4 is 45.9 Å². The normalized spacial score (nSPS) is 10.9. The first-order chi connectivity index (χ1) is 13.0. The molecule has 9 heteroatoms. The molecule has 1 amide bonds. The number of nitrogens with zero attached hydrogens (tertiary/aromatic N) is 2. The van der Waals surface area contributed by atoms with Gasteiger partial charge in [-0.25, -0.2) is 14.6 Å². The van der Waals surface area contributed by atoms with Gasteiger partial charge in [0.2, 0.25) is 5.91 Å². The Morgan fingerprint density at radius 2 is 1.78 bits per heavy atom. The number of carbonyl (C=O) groups is 3. The van der Waals surface area contributed by atoms with E-state index in [0.717, 1.165) is 10.7 Å². The smallest absolute Gasteiger partial charge is 0.337 e. The Bertz CT molecular complexity index is 1020. The van der Waals surface area contributed by atoms with E-state index >= 15 is 0 Å². The van der Waals surface area contributed by atoms with Gasteiger partial charge in [0, 0.05) is 23.3 Å². The molecule has 1 N–H and O–H groups in total. The van der Waals surface area contributed by atoms with Gasteiger partial charge >= 0.3 is 11.9 Å². The number of rotatable bonds is 5. The van der Waals surface area contributed by atoms with E-state index in [2.05, 4.69) is 19.8 Å². The number of hydrogen-bond acceptors (Lipinski definition) is 7. The Morgan fingerprint density at radius 3 is 2.41 bits per heavy atom. The topological polar surface area (TPSA) is 99.0 Å². The quantitative estimate of drug-likeness (QED) is 0.535. The van der Waals surface area contributed by atoms with E-state index in [9.17, 15) is 14.4 Å². The number of aromatic nitrogens is 2. The Labute approximate surface area is 158 Å². The van der Waals surface area contributed by atoms with E-state index in [-0.39, 0.29) is 16.8 Å². The predicted molar refractivity (Wildman–Crippen MR) is 99.9 cm³/mol. The molecule has 1 aromatic carbocycles. The van der Waals surface area contributed by atoms with Crippen molar-refractivity contribution in [1.82, 2.24) is 9.38 Å². The molecule has 0 radical (unpaired) electrons. The lowest BCUT2D eigenvalue weighted by Gasteiger charge is -2.08. The highest BCUT2D eigenvalue weighted by atomic mass is 32.1. The van der Waals surface area contributed by atoms with E-state index in [4.69, 9.17) is 0 Å². The summed E-state index contributed by atoms with van der Waals surface area (Å²) in [7, 11) is 2.45. The fourth-order valence-corrected chi connectivity index (χ4v) is 3.08. The number of anilines is 1. The van der Waals surface area contributed by atoms with Crippen molar-refractivity contribution in [3.05, 3.63) is 58.9 Å². The van der Waals surface area contributed by atoms with Crippen LogP contribution in [0.25, 0.3) is 11.0 Å². The van der Waals surface area contributed by atoms with Crippen LogP contribution >= 0.6 is 11.3 Å². The lowest BCUT2D eigenvalue weighted by atomic mass is 10.1. The Kier molecular flexibility index (Phi) is 5.32. The summed E-state index contributed by atoms with van der Waals surface area (Å²) in [5.74, 6) is -1.70. The number of nitrogens with one attached hydrogen (secondary N) is 1. The van der Waals surface area contributed by atoms with Crippen LogP contribution in [0.5, 0.6) is 0 Å². The molecule has 2 aromatic heterocycles. The number of benzene rings is 1. The third-order valence-corrected chi connectivity index (χ3v) is 4.39. The molecule has 2 heterocycles. The van der Waals surface area contributed by atoms with Crippen LogP contribution in [0.15, 0.2) is 42.0 Å². The van der Waals surface area contributed by atoms with Crippen molar-refractivity contribution in [3.8, 4) is 0 Å². The summed E-state index contributed by atoms with van der Waals surface area (Å²) in [6.07, 6.45) is 6.47. The largest absolute Gasteiger partial charge is 0.465 e. The lowest BCUT2D eigenvalue weighted by Crippen LogP contribution is -2.12. The highest BCUT2D eigenvalue weighted by Gasteiger charge is 2.14. The number of esters is 2. The number of fused-ring (bicyclic) bond motifs is 1. The molecular weight excluding hydrogens is 370 g/mol. The minimum Gasteiger partial charge on any atom is -0.465 e. The van der Waals surface area contributed by atoms with Crippen LogP contribution in [0.3, 0.4) is 0 Å². The van der Waals surface area contributed by atoms with Crippen LogP contribution in [0.1, 0.15) is 26.4 Å². The van der Waals surface area contributed by atoms with Crippen molar-refractivity contribution in [3.63, 3.8) is 0 Å². The van der Waals surface area contributed by atoms with Crippen LogP contribution in [0.4, 0.5) is 5.69 Å². The van der Waals surface area contributed by atoms with Gasteiger partial charge < -0.3 is 14.8 Å². The SMILES string of the molecule is COC(=O)c1cc(NC(=O)/C=C/c2cnc3sccn23)cc(C(=O)OC)c1. The molecule has 8 nitrogen and oxygen atoms in total. The number of imidazole rings is 1. The number of carbonyl (C=O) groups excluding carboxylic acids is 3. The molecule has 0 unspecified atom stereocenters. The van der Waals surface area contributed by atoms with E-state index < -0.39 is 17.8 Å². The number of methoxy groups -OCH3 is 2. The standard InChI is InChI=1S/C18H15N3O5S/c1-25-16(23)11-7-12(17(24)26-2)9-13(8-11)20-15(22)4-3-14-10-19-18-21(14)5-6-27-18/h3-10H,1-2H3,(H,20,22)/b4-3+. The zero-order chi connectivity index (χ0) is 19.4. The molecule has 0 saturated heterocycles. The molecule has 3 rings (SSSR count). The van der Waals surface area contributed by atoms with E-state index in [1.54, 1.807) is 12.3 Å². The molecule has 138 valence electrons. The zero-order valence-corrected chi connectivity index (χ0v) is 15.3. The van der Waals surface area contributed by atoms with Gasteiger partial charge in [0.25, 0.3) is 0 Å². The van der Waals surface area contributed by atoms with Gasteiger partial charge in [0.05, 0.1) is 37.2 Å². The van der Waals surface area contributed by atoms with Gasteiger partial charge in [-0.3, -0.25) is 9.20 Å². The summed E-state index contributed by atoms with van der Waals surface area (Å²) in [5, 5.41) is 4.51. The van der Waals surface area contributed by atoms with E-state index in [1.807, 2.05) is 16.0 Å². The molecule has 0 spiro atoms. The zero-order valence-electron chi connectivity index (χ0n) is 14.5. The first kappa shape index (κ1) is 18.3. The molecule has 0 bridgehead atoms. The number of amides is 1. The molecule has 0 aliphatic heterocycles. The van der Waals surface area contributed by atoms with Crippen molar-refractivity contribution in [2.45, 2.75) is 0 Å². The van der Waals surface area contributed by atoms with Gasteiger partial charge in [-0.05, 0) is 24.3 Å². The van der Waals surface area contributed by atoms with Gasteiger partial charge in [-0.15, -0.1) is 11.3 Å². The second-order valence-electron chi connectivity index (χ2n) is 5.34. The average Bonchev–Trinajstić information content (AvgIpc) is 3.28. The fraction of sp³-hybridized carbons (Fsp3) is 0.111. The van der Waals surface area contributed by atoms with Crippen molar-refractivity contribution in [2.24, 2.45) is 0 Å². The molecule has 3 aromatic rings. The third kappa shape index (κ3) is 4.04. The maximum atomic E-state index is 12.2. The van der Waals surface area contributed by atoms with Gasteiger partial charge in [0.15, 0.2) is 4.96 Å². The second-order valence-corrected chi connectivity index (χ2v) is 6.22. The first-order valence-corrected chi connectivity index (χ1v) is 8.61. The van der Waals surface area contributed by atoms with Crippen LogP contribution in [-0.2, 0) is 14.3 Å². The molecule has 27 heavy (non-hydrogen) atoms. The van der Waals surface area contributed by atoms with Crippen LogP contribution < -0.4 is 5.32 Å². The monoisotopic (exact) mass is 385 g/mol. The summed E-state index contributed by atoms with van der Waals surface area (Å²) in [6, 6.07) is 4.17. The van der Waals surface area contributed by atoms with Crippen molar-refractivity contribution < 1.29 is 23.9 Å². The van der Waals surface area contributed by atoms with Gasteiger partial charge in [-0.2, -0.15) is 0 Å². The number of hydrogen-bond donors (Lipinski definition) is 1. The summed E-state index contributed by atoms with van der Waals surface area (Å²) >= 11 is 1.49. The summed E-state index contributed by atoms with van der Waals surface area (Å²) in [5.41, 5.74) is 1.26. The number of ether oxygens (including phenoxy) is 2. The molecular formula is C18H15N3O5S. The molecule has 0 saturated carbocycles. The Balaban J connectivity index is 1.82. The minimum atomic E-state index is -0.633. The second kappa shape index (κ2) is 7.83. The maximum absolute atomic E-state index is 12.2. The predicted octanol–water partition coefficient (Wildman–Crippen LogP) is 2.62. The van der Waals surface area contributed by atoms with Crippen LogP contribution in [0, 0.1) is 0 Å². The molecule has 0 fully saturated rings. The summed E-state index contributed by atoms with van der Waals surface area (Å²) in [4.78, 5) is 40.8. The number of thiazole rings is 1. The fourth-order valence-electron chi connectivity index (χ4n) is 2.38. The first-order valence-electron chi connectivity index (χ1n) is 7.73. The summed E-state index contributed by atoms with van der Waals surface area (Å²) in [6.45, 7) is 0. The van der Waals surface area contributed by atoms with Crippen molar-refractivity contribution in [1.29, 1.82) is 0 Å². The maximum Gasteiger partial charge on any atom is 0.337 e. The Morgan fingerprint density at radius 1 is 1.11 bits per heavy atom. The lowest BCUT2D eigenvalue weighted by molar-refractivity contribution is -0.111. The van der Waals surface area contributed by atoms with Crippen molar-refractivity contribution in [2.75, 3.05) is 19.5 Å². The summed E-state index contributed by atoms with van der Waals surface area (Å²) < 4.78 is 11.2. The molecule has 0 aliphatic carbocycles. The average molecular weight is 385 g/mol. The highest BCUT2D eigenvalue weighted by Crippen LogP contribution is 2.18. The van der Waals surface area contributed by atoms with Crippen LogP contribution in [0.2, 0.25) is 0 Å².